The second-order valence-corrected chi connectivity index (χ2v) is 15.1. The molecule has 14 nitrogen and oxygen atoms in total. The van der Waals surface area contributed by atoms with E-state index in [-0.39, 0.29) is 17.8 Å². The highest BCUT2D eigenvalue weighted by Crippen LogP contribution is 2.47. The molecule has 0 radical (unpaired) electrons. The van der Waals surface area contributed by atoms with Crippen molar-refractivity contribution in [1.29, 1.82) is 0 Å². The van der Waals surface area contributed by atoms with E-state index in [0.29, 0.717) is 29.1 Å². The van der Waals surface area contributed by atoms with Gasteiger partial charge in [0.25, 0.3) is 0 Å². The highest BCUT2D eigenvalue weighted by Gasteiger charge is 2.58. The number of tetrazole rings is 1. The Kier molecular flexibility index (Phi) is 11.4. The van der Waals surface area contributed by atoms with Crippen LogP contribution in [-0.4, -0.2) is 76.8 Å². The molecule has 0 spiro atoms. The van der Waals surface area contributed by atoms with Crippen LogP contribution < -0.4 is 21.2 Å². The van der Waals surface area contributed by atoms with Gasteiger partial charge in [-0.2, -0.15) is 18.6 Å². The van der Waals surface area contributed by atoms with E-state index < -0.39 is 34.2 Å². The topological polar surface area (TPSA) is 145 Å². The number of aromatic amines is 1. The highest BCUT2D eigenvalue weighted by atomic mass is 19.3. The fraction of sp³-hybridized carbons (Fsp3) is 0.295. The first-order valence-corrected chi connectivity index (χ1v) is 20.0. The van der Waals surface area contributed by atoms with Gasteiger partial charge in [0.15, 0.2) is 5.54 Å². The molecule has 0 aliphatic carbocycles. The first-order valence-electron chi connectivity index (χ1n) is 20.0. The summed E-state index contributed by atoms with van der Waals surface area (Å²) in [7, 11) is 0. The van der Waals surface area contributed by atoms with Crippen molar-refractivity contribution in [2.24, 2.45) is 0 Å². The number of benzene rings is 3. The van der Waals surface area contributed by atoms with Gasteiger partial charge in [0, 0.05) is 49.2 Å². The second-order valence-electron chi connectivity index (χ2n) is 15.1. The lowest BCUT2D eigenvalue weighted by atomic mass is 9.83. The first-order chi connectivity index (χ1) is 29.5. The van der Waals surface area contributed by atoms with Crippen LogP contribution in [0.5, 0.6) is 0 Å². The largest absolute Gasteiger partial charge is 0.372 e. The molecule has 1 aliphatic heterocycles. The lowest BCUT2D eigenvalue weighted by Gasteiger charge is -2.37. The summed E-state index contributed by atoms with van der Waals surface area (Å²) in [6.45, 7) is 8.42. The van der Waals surface area contributed by atoms with Gasteiger partial charge in [0.1, 0.15) is 23.7 Å². The number of hydrogen-bond acceptors (Lipinski definition) is 10. The number of rotatable bonds is 14. The third kappa shape index (κ3) is 7.83. The molecule has 0 unspecified atom stereocenters. The lowest BCUT2D eigenvalue weighted by Crippen LogP contribution is -2.52. The summed E-state index contributed by atoms with van der Waals surface area (Å²) in [6.07, 6.45) is 5.04. The number of H-pyrrole nitrogens is 1. The number of ether oxygens (including phenoxy) is 1. The molecule has 0 bridgehead atoms. The maximum absolute atomic E-state index is 16.5. The fourth-order valence-corrected chi connectivity index (χ4v) is 7.88. The van der Waals surface area contributed by atoms with Gasteiger partial charge >= 0.3 is 17.3 Å². The van der Waals surface area contributed by atoms with Gasteiger partial charge < -0.3 is 14.5 Å². The number of nitrogens with zero attached hydrogens (tertiary/aromatic N) is 10. The summed E-state index contributed by atoms with van der Waals surface area (Å²) < 4.78 is 57.4. The van der Waals surface area contributed by atoms with Crippen molar-refractivity contribution in [3.05, 3.63) is 165 Å². The van der Waals surface area contributed by atoms with E-state index in [4.69, 9.17) is 4.74 Å². The van der Waals surface area contributed by atoms with Crippen molar-refractivity contribution in [2.75, 3.05) is 36.0 Å². The van der Waals surface area contributed by atoms with Crippen molar-refractivity contribution < 1.29 is 17.9 Å². The molecule has 1 fully saturated rings. The molecule has 1 N–H and O–H groups in total. The maximum Gasteiger partial charge on any atom is 0.362 e. The molecular formula is C44H44F3N11O3. The Morgan fingerprint density at radius 2 is 1.48 bits per heavy atom. The molecule has 8 rings (SSSR count). The second kappa shape index (κ2) is 17.0. The van der Waals surface area contributed by atoms with Crippen LogP contribution in [0.1, 0.15) is 50.1 Å². The number of hydrogen-bond donors (Lipinski definition) is 1. The van der Waals surface area contributed by atoms with Crippen molar-refractivity contribution in [1.82, 2.24) is 44.5 Å². The Morgan fingerprint density at radius 3 is 2.10 bits per heavy atom. The van der Waals surface area contributed by atoms with Gasteiger partial charge in [-0.25, -0.2) is 33.3 Å². The van der Waals surface area contributed by atoms with E-state index >= 15 is 13.2 Å². The van der Waals surface area contributed by atoms with E-state index in [9.17, 15) is 9.59 Å². The molecular weight excluding hydrogens is 788 g/mol. The molecule has 1 aliphatic rings. The number of nitrogens with one attached hydrogen (secondary N) is 1. The van der Waals surface area contributed by atoms with Crippen LogP contribution in [0, 0.1) is 5.82 Å². The van der Waals surface area contributed by atoms with Gasteiger partial charge in [-0.3, -0.25) is 4.98 Å². The minimum atomic E-state index is -3.89. The average Bonchev–Trinajstić information content (AvgIpc) is 3.91. The minimum absolute atomic E-state index is 0.238. The average molecular weight is 832 g/mol. The zero-order valence-electron chi connectivity index (χ0n) is 33.8. The van der Waals surface area contributed by atoms with E-state index in [1.54, 1.807) is 6.20 Å². The normalized spacial score (nSPS) is 15.4. The smallest absolute Gasteiger partial charge is 0.362 e. The van der Waals surface area contributed by atoms with Crippen LogP contribution in [0.15, 0.2) is 131 Å². The summed E-state index contributed by atoms with van der Waals surface area (Å²) in [5.74, 6) is -4.34. The molecule has 5 heterocycles. The van der Waals surface area contributed by atoms with Gasteiger partial charge in [0.05, 0.1) is 30.6 Å². The lowest BCUT2D eigenvalue weighted by molar-refractivity contribution is -0.104. The zero-order valence-corrected chi connectivity index (χ0v) is 33.8. The van der Waals surface area contributed by atoms with Gasteiger partial charge in [-0.15, -0.1) is 0 Å². The van der Waals surface area contributed by atoms with E-state index in [2.05, 4.69) is 35.3 Å². The molecule has 1 saturated heterocycles. The number of piperazine rings is 1. The Labute approximate surface area is 348 Å². The number of aromatic nitrogens is 9. The van der Waals surface area contributed by atoms with E-state index in [1.807, 2.05) is 85.7 Å². The molecule has 3 atom stereocenters. The van der Waals surface area contributed by atoms with Crippen LogP contribution >= 0.6 is 0 Å². The van der Waals surface area contributed by atoms with Gasteiger partial charge in [-0.1, -0.05) is 73.7 Å². The van der Waals surface area contributed by atoms with Gasteiger partial charge in [-0.05, 0) is 78.2 Å². The van der Waals surface area contributed by atoms with Crippen LogP contribution in [0.25, 0.3) is 16.9 Å². The third-order valence-corrected chi connectivity index (χ3v) is 11.5. The monoisotopic (exact) mass is 831 g/mol. The first kappa shape index (κ1) is 40.9. The Balaban J connectivity index is 0.892. The Bertz CT molecular complexity index is 2680. The SMILES string of the molecule is CC[C@@H]([C@H](C)OCc1ccccc1)n1ncn(-c2ccc(N3CCN(c4ccc(-c5ccc(C(F)(F)[C@@](C)(c6ccccc6F)n6nn[nH]c6=O)nc5)cc4)CC3)cn2)c1=O. The summed E-state index contributed by atoms with van der Waals surface area (Å²) in [5, 5.41) is 13.4. The summed E-state index contributed by atoms with van der Waals surface area (Å²) in [5.41, 5.74) is -0.628. The Hall–Kier alpha value is -6.88. The molecule has 17 heteroatoms. The quantitative estimate of drug-likeness (QED) is 0.132. The van der Waals surface area contributed by atoms with Crippen LogP contribution in [0.2, 0.25) is 0 Å². The Morgan fingerprint density at radius 1 is 0.803 bits per heavy atom. The molecule has 4 aromatic heterocycles. The van der Waals surface area contributed by atoms with Crippen molar-refractivity contribution in [3.8, 4) is 16.9 Å². The number of pyridine rings is 2. The third-order valence-electron chi connectivity index (χ3n) is 11.5. The number of alkyl halides is 2. The molecule has 61 heavy (non-hydrogen) atoms. The van der Waals surface area contributed by atoms with Crippen molar-refractivity contribution in [3.63, 3.8) is 0 Å². The van der Waals surface area contributed by atoms with Gasteiger partial charge in [0.2, 0.25) is 0 Å². The summed E-state index contributed by atoms with van der Waals surface area (Å²) >= 11 is 0. The minimum Gasteiger partial charge on any atom is -0.372 e. The van der Waals surface area contributed by atoms with Crippen LogP contribution in [0.4, 0.5) is 24.5 Å². The summed E-state index contributed by atoms with van der Waals surface area (Å²) in [4.78, 5) is 39.2. The predicted octanol–water partition coefficient (Wildman–Crippen LogP) is 6.35. The van der Waals surface area contributed by atoms with Crippen LogP contribution in [0.3, 0.4) is 0 Å². The molecule has 0 amide bonds. The fourth-order valence-electron chi connectivity index (χ4n) is 7.88. The standard InChI is InChI=1S/C44H44F3N11O3/c1-4-38(30(2)61-28-31-10-6-5-7-11-31)57-42(60)56(29-50-57)40-21-19-35(27-49-40)55-24-22-54(23-25-55)34-17-14-32(15-18-34)33-16-20-39(48-26-33)44(46,47)43(3,58-41(59)51-52-53-58)36-12-8-9-13-37(36)45/h5-21,26-27,29-30,38H,4,22-25,28H2,1-3H3,(H,51,53,59)/t30-,38-,43+/m0/s1. The zero-order chi connectivity index (χ0) is 42.7. The maximum atomic E-state index is 16.5. The van der Waals surface area contributed by atoms with E-state index in [0.717, 1.165) is 61.7 Å². The van der Waals surface area contributed by atoms with Crippen molar-refractivity contribution in [2.45, 2.75) is 57.4 Å². The van der Waals surface area contributed by atoms with Crippen molar-refractivity contribution >= 4 is 11.4 Å². The molecule has 7 aromatic rings. The summed E-state index contributed by atoms with van der Waals surface area (Å²) in [6, 6.07) is 28.9. The number of anilines is 2. The van der Waals surface area contributed by atoms with Crippen LogP contribution in [-0.2, 0) is 22.8 Å². The predicted molar refractivity (Wildman–Crippen MR) is 223 cm³/mol. The molecule has 3 aromatic carbocycles. The number of halogens is 3. The molecule has 0 saturated carbocycles. The highest BCUT2D eigenvalue weighted by molar-refractivity contribution is 5.66. The van der Waals surface area contributed by atoms with E-state index in [1.165, 1.54) is 52.1 Å². The molecule has 314 valence electrons.